The van der Waals surface area contributed by atoms with Crippen LogP contribution in [-0.2, 0) is 10.8 Å². The van der Waals surface area contributed by atoms with Crippen LogP contribution < -0.4 is 10.6 Å². The van der Waals surface area contributed by atoms with Crippen LogP contribution in [0, 0.1) is 5.92 Å². The van der Waals surface area contributed by atoms with Crippen LogP contribution in [0.25, 0.3) is 0 Å². The molecule has 0 saturated carbocycles. The number of benzene rings is 1. The summed E-state index contributed by atoms with van der Waals surface area (Å²) >= 11 is 0. The van der Waals surface area contributed by atoms with Gasteiger partial charge >= 0.3 is 0 Å². The SMILES string of the molecule is CN=C(NCCC(C)C)NCCS(=O)c1ccccc1. The van der Waals surface area contributed by atoms with E-state index in [1.807, 2.05) is 30.3 Å². The summed E-state index contributed by atoms with van der Waals surface area (Å²) < 4.78 is 12.0. The van der Waals surface area contributed by atoms with Crippen LogP contribution in [-0.4, -0.2) is 36.1 Å². The quantitative estimate of drug-likeness (QED) is 0.597. The minimum absolute atomic E-state index is 0.578. The summed E-state index contributed by atoms with van der Waals surface area (Å²) in [5, 5.41) is 6.44. The van der Waals surface area contributed by atoms with Gasteiger partial charge < -0.3 is 10.6 Å². The van der Waals surface area contributed by atoms with Crippen molar-refractivity contribution in [3.05, 3.63) is 30.3 Å². The molecule has 0 heterocycles. The van der Waals surface area contributed by atoms with Gasteiger partial charge in [-0.05, 0) is 24.5 Å². The van der Waals surface area contributed by atoms with Crippen molar-refractivity contribution in [2.24, 2.45) is 10.9 Å². The lowest BCUT2D eigenvalue weighted by atomic mass is 10.1. The zero-order valence-corrected chi connectivity index (χ0v) is 13.4. The Morgan fingerprint density at radius 3 is 2.45 bits per heavy atom. The second kappa shape index (κ2) is 9.53. The highest BCUT2D eigenvalue weighted by atomic mass is 32.2. The molecule has 1 unspecified atom stereocenters. The molecule has 1 atom stereocenters. The molecule has 20 heavy (non-hydrogen) atoms. The summed E-state index contributed by atoms with van der Waals surface area (Å²) in [5.41, 5.74) is 0. The Kier molecular flexibility index (Phi) is 7.95. The normalized spacial score (nSPS) is 13.3. The number of guanidine groups is 1. The molecule has 0 spiro atoms. The summed E-state index contributed by atoms with van der Waals surface area (Å²) in [6.45, 7) is 5.93. The van der Waals surface area contributed by atoms with Crippen molar-refractivity contribution >= 4 is 16.8 Å². The van der Waals surface area contributed by atoms with Gasteiger partial charge in [0.25, 0.3) is 0 Å². The molecule has 0 aliphatic carbocycles. The number of nitrogens with one attached hydrogen (secondary N) is 2. The smallest absolute Gasteiger partial charge is 0.191 e. The van der Waals surface area contributed by atoms with E-state index in [2.05, 4.69) is 29.5 Å². The first-order valence-corrected chi connectivity index (χ1v) is 8.33. The number of nitrogens with zero attached hydrogens (tertiary/aromatic N) is 1. The van der Waals surface area contributed by atoms with E-state index in [0.717, 1.165) is 23.8 Å². The van der Waals surface area contributed by atoms with Crippen molar-refractivity contribution in [2.45, 2.75) is 25.2 Å². The third kappa shape index (κ3) is 6.70. The zero-order chi connectivity index (χ0) is 14.8. The molecule has 0 aromatic heterocycles. The average Bonchev–Trinajstić information content (AvgIpc) is 2.46. The summed E-state index contributed by atoms with van der Waals surface area (Å²) in [6, 6.07) is 9.54. The van der Waals surface area contributed by atoms with E-state index in [1.165, 1.54) is 0 Å². The van der Waals surface area contributed by atoms with Crippen LogP contribution in [0.15, 0.2) is 40.2 Å². The van der Waals surface area contributed by atoms with Gasteiger partial charge in [-0.1, -0.05) is 32.0 Å². The molecule has 0 bridgehead atoms. The predicted octanol–water partition coefficient (Wildman–Crippen LogP) is 2.01. The fourth-order valence-electron chi connectivity index (χ4n) is 1.65. The molecule has 4 nitrogen and oxygen atoms in total. The Hall–Kier alpha value is -1.36. The maximum atomic E-state index is 12.0. The highest BCUT2D eigenvalue weighted by molar-refractivity contribution is 7.85. The second-order valence-corrected chi connectivity index (χ2v) is 6.54. The average molecular weight is 295 g/mol. The van der Waals surface area contributed by atoms with E-state index < -0.39 is 10.8 Å². The van der Waals surface area contributed by atoms with E-state index in [1.54, 1.807) is 7.05 Å². The summed E-state index contributed by atoms with van der Waals surface area (Å²) in [4.78, 5) is 5.02. The first-order valence-electron chi connectivity index (χ1n) is 7.01. The van der Waals surface area contributed by atoms with Crippen molar-refractivity contribution in [1.82, 2.24) is 10.6 Å². The molecular weight excluding hydrogens is 270 g/mol. The van der Waals surface area contributed by atoms with Crippen LogP contribution in [0.1, 0.15) is 20.3 Å². The Labute approximate surface area is 124 Å². The van der Waals surface area contributed by atoms with Gasteiger partial charge in [0.2, 0.25) is 0 Å². The van der Waals surface area contributed by atoms with Crippen LogP contribution >= 0.6 is 0 Å². The molecule has 1 rings (SSSR count). The van der Waals surface area contributed by atoms with Crippen LogP contribution in [0.3, 0.4) is 0 Å². The first-order chi connectivity index (χ1) is 9.63. The molecule has 2 N–H and O–H groups in total. The molecule has 1 aromatic carbocycles. The van der Waals surface area contributed by atoms with Gasteiger partial charge in [-0.3, -0.25) is 9.20 Å². The maximum absolute atomic E-state index is 12.0. The summed E-state index contributed by atoms with van der Waals surface area (Å²) in [5.74, 6) is 2.02. The van der Waals surface area contributed by atoms with E-state index in [4.69, 9.17) is 0 Å². The number of aliphatic imine (C=N–C) groups is 1. The third-order valence-corrected chi connectivity index (χ3v) is 4.20. The molecule has 0 radical (unpaired) electrons. The molecule has 0 amide bonds. The van der Waals surface area contributed by atoms with Gasteiger partial charge in [0.15, 0.2) is 5.96 Å². The van der Waals surface area contributed by atoms with Gasteiger partial charge in [0, 0.05) is 30.8 Å². The lowest BCUT2D eigenvalue weighted by Gasteiger charge is -2.12. The molecule has 0 saturated heterocycles. The fraction of sp³-hybridized carbons (Fsp3) is 0.533. The van der Waals surface area contributed by atoms with E-state index in [9.17, 15) is 4.21 Å². The Balaban J connectivity index is 2.26. The van der Waals surface area contributed by atoms with Gasteiger partial charge in [-0.25, -0.2) is 0 Å². The fourth-order valence-corrected chi connectivity index (χ4v) is 2.64. The molecule has 5 heteroatoms. The minimum Gasteiger partial charge on any atom is -0.356 e. The lowest BCUT2D eigenvalue weighted by Crippen LogP contribution is -2.39. The Bertz CT molecular complexity index is 432. The first kappa shape index (κ1) is 16.7. The van der Waals surface area contributed by atoms with Gasteiger partial charge in [-0.2, -0.15) is 0 Å². The molecule has 0 aliphatic rings. The van der Waals surface area contributed by atoms with Gasteiger partial charge in [0.1, 0.15) is 0 Å². The number of hydrogen-bond donors (Lipinski definition) is 2. The Morgan fingerprint density at radius 2 is 1.85 bits per heavy atom. The minimum atomic E-state index is -0.960. The Morgan fingerprint density at radius 1 is 1.20 bits per heavy atom. The van der Waals surface area contributed by atoms with E-state index in [0.29, 0.717) is 18.2 Å². The monoisotopic (exact) mass is 295 g/mol. The standard InChI is InChI=1S/C15H25N3OS/c1-13(2)9-10-17-15(16-3)18-11-12-20(19)14-7-5-4-6-8-14/h4-8,13H,9-12H2,1-3H3,(H2,16,17,18). The topological polar surface area (TPSA) is 53.5 Å². The molecule has 0 aliphatic heterocycles. The predicted molar refractivity (Wildman–Crippen MR) is 86.5 cm³/mol. The number of rotatable bonds is 7. The van der Waals surface area contributed by atoms with Gasteiger partial charge in [0.05, 0.1) is 10.8 Å². The summed E-state index contributed by atoms with van der Waals surface area (Å²) in [7, 11) is 0.789. The largest absolute Gasteiger partial charge is 0.356 e. The van der Waals surface area contributed by atoms with Crippen LogP contribution in [0.4, 0.5) is 0 Å². The molecular formula is C15H25N3OS. The zero-order valence-electron chi connectivity index (χ0n) is 12.6. The van der Waals surface area contributed by atoms with Crippen LogP contribution in [0.2, 0.25) is 0 Å². The second-order valence-electron chi connectivity index (χ2n) is 4.97. The van der Waals surface area contributed by atoms with E-state index >= 15 is 0 Å². The lowest BCUT2D eigenvalue weighted by molar-refractivity contribution is 0.574. The molecule has 0 fully saturated rings. The van der Waals surface area contributed by atoms with Gasteiger partial charge in [-0.15, -0.1) is 0 Å². The number of hydrogen-bond acceptors (Lipinski definition) is 2. The van der Waals surface area contributed by atoms with Crippen molar-refractivity contribution < 1.29 is 4.21 Å². The van der Waals surface area contributed by atoms with Crippen molar-refractivity contribution in [1.29, 1.82) is 0 Å². The molecule has 1 aromatic rings. The highest BCUT2D eigenvalue weighted by Gasteiger charge is 2.03. The van der Waals surface area contributed by atoms with Crippen LogP contribution in [0.5, 0.6) is 0 Å². The maximum Gasteiger partial charge on any atom is 0.191 e. The van der Waals surface area contributed by atoms with Crippen molar-refractivity contribution in [3.8, 4) is 0 Å². The van der Waals surface area contributed by atoms with E-state index in [-0.39, 0.29) is 0 Å². The van der Waals surface area contributed by atoms with Crippen molar-refractivity contribution in [2.75, 3.05) is 25.9 Å². The third-order valence-electron chi connectivity index (χ3n) is 2.82. The highest BCUT2D eigenvalue weighted by Crippen LogP contribution is 2.04. The van der Waals surface area contributed by atoms with Crippen molar-refractivity contribution in [3.63, 3.8) is 0 Å². The molecule has 112 valence electrons. The summed E-state index contributed by atoms with van der Waals surface area (Å²) in [6.07, 6.45) is 1.11.